The number of carbonyl (C=O) groups is 1. The molecule has 0 radical (unpaired) electrons. The topological polar surface area (TPSA) is 56.8 Å². The van der Waals surface area contributed by atoms with Gasteiger partial charge in [-0.2, -0.15) is 0 Å². The second-order valence-electron chi connectivity index (χ2n) is 5.95. The summed E-state index contributed by atoms with van der Waals surface area (Å²) in [4.78, 5) is 12.3. The number of hydrogen-bond acceptors (Lipinski definition) is 4. The fourth-order valence-corrected chi connectivity index (χ4v) is 2.65. The Hall–Kier alpha value is -2.66. The van der Waals surface area contributed by atoms with Gasteiger partial charge >= 0.3 is 0 Å². The van der Waals surface area contributed by atoms with Gasteiger partial charge in [-0.1, -0.05) is 23.7 Å². The standard InChI is InChI=1S/C21H24ClNO4/c1-5-26-18-9-7-6-8-17(18)23-20(24)11-10-15-12-16(22)21(27-14(2)3)19(13-15)25-4/h6-14H,5H2,1-4H3,(H,23,24). The molecule has 2 aromatic rings. The van der Waals surface area contributed by atoms with Crippen LogP contribution in [0.4, 0.5) is 5.69 Å². The molecule has 0 bridgehead atoms. The Bertz CT molecular complexity index is 818. The number of carbonyl (C=O) groups excluding carboxylic acids is 1. The van der Waals surface area contributed by atoms with Crippen molar-refractivity contribution in [2.45, 2.75) is 26.9 Å². The summed E-state index contributed by atoms with van der Waals surface area (Å²) < 4.78 is 16.5. The molecule has 1 amide bonds. The van der Waals surface area contributed by atoms with Crippen LogP contribution in [0.15, 0.2) is 42.5 Å². The summed E-state index contributed by atoms with van der Waals surface area (Å²) in [5, 5.41) is 3.23. The SMILES string of the molecule is CCOc1ccccc1NC(=O)C=Cc1cc(Cl)c(OC(C)C)c(OC)c1. The molecular formula is C21H24ClNO4. The first-order valence-electron chi connectivity index (χ1n) is 8.69. The van der Waals surface area contributed by atoms with Crippen LogP contribution >= 0.6 is 11.6 Å². The van der Waals surface area contributed by atoms with E-state index in [1.165, 1.54) is 6.08 Å². The lowest BCUT2D eigenvalue weighted by Gasteiger charge is -2.15. The molecule has 0 aliphatic rings. The van der Waals surface area contributed by atoms with Crippen molar-refractivity contribution >= 4 is 29.3 Å². The van der Waals surface area contributed by atoms with Crippen molar-refractivity contribution in [1.82, 2.24) is 0 Å². The van der Waals surface area contributed by atoms with Gasteiger partial charge in [0, 0.05) is 6.08 Å². The zero-order valence-corrected chi connectivity index (χ0v) is 16.7. The van der Waals surface area contributed by atoms with Gasteiger partial charge in [-0.15, -0.1) is 0 Å². The van der Waals surface area contributed by atoms with Crippen LogP contribution in [0, 0.1) is 0 Å². The molecular weight excluding hydrogens is 366 g/mol. The molecule has 6 heteroatoms. The lowest BCUT2D eigenvalue weighted by molar-refractivity contribution is -0.111. The van der Waals surface area contributed by atoms with Crippen molar-refractivity contribution in [3.63, 3.8) is 0 Å². The maximum absolute atomic E-state index is 12.3. The highest BCUT2D eigenvalue weighted by Gasteiger charge is 2.13. The predicted molar refractivity (Wildman–Crippen MR) is 109 cm³/mol. The van der Waals surface area contributed by atoms with Crippen molar-refractivity contribution in [3.8, 4) is 17.2 Å². The minimum atomic E-state index is -0.278. The number of halogens is 1. The number of anilines is 1. The minimum Gasteiger partial charge on any atom is -0.493 e. The van der Waals surface area contributed by atoms with Crippen molar-refractivity contribution < 1.29 is 19.0 Å². The lowest BCUT2D eigenvalue weighted by Crippen LogP contribution is -2.09. The van der Waals surface area contributed by atoms with Crippen LogP contribution in [0.25, 0.3) is 6.08 Å². The number of nitrogens with one attached hydrogen (secondary N) is 1. The van der Waals surface area contributed by atoms with E-state index in [1.807, 2.05) is 32.9 Å². The lowest BCUT2D eigenvalue weighted by atomic mass is 10.1. The van der Waals surface area contributed by atoms with Crippen LogP contribution in [0.3, 0.4) is 0 Å². The highest BCUT2D eigenvalue weighted by Crippen LogP contribution is 2.37. The Morgan fingerprint density at radius 2 is 1.96 bits per heavy atom. The number of benzene rings is 2. The van der Waals surface area contributed by atoms with Gasteiger partial charge in [-0.05, 0) is 56.7 Å². The molecule has 0 fully saturated rings. The van der Waals surface area contributed by atoms with Gasteiger partial charge < -0.3 is 19.5 Å². The molecule has 0 aliphatic carbocycles. The molecule has 0 aromatic heterocycles. The van der Waals surface area contributed by atoms with Gasteiger partial charge in [-0.3, -0.25) is 4.79 Å². The summed E-state index contributed by atoms with van der Waals surface area (Å²) in [5.74, 6) is 1.35. The molecule has 0 spiro atoms. The highest BCUT2D eigenvalue weighted by atomic mass is 35.5. The van der Waals surface area contributed by atoms with Crippen molar-refractivity contribution in [1.29, 1.82) is 0 Å². The van der Waals surface area contributed by atoms with Crippen LogP contribution in [0.5, 0.6) is 17.2 Å². The number of para-hydroxylation sites is 2. The smallest absolute Gasteiger partial charge is 0.248 e. The van der Waals surface area contributed by atoms with Gasteiger partial charge in [0.1, 0.15) is 5.75 Å². The first kappa shape index (κ1) is 20.6. The summed E-state index contributed by atoms with van der Waals surface area (Å²) >= 11 is 6.30. The molecule has 0 aliphatic heterocycles. The van der Waals surface area contributed by atoms with E-state index in [4.69, 9.17) is 25.8 Å². The number of ether oxygens (including phenoxy) is 3. The van der Waals surface area contributed by atoms with Crippen LogP contribution < -0.4 is 19.5 Å². The van der Waals surface area contributed by atoms with Gasteiger partial charge in [0.05, 0.1) is 30.5 Å². The molecule has 5 nitrogen and oxygen atoms in total. The second-order valence-corrected chi connectivity index (χ2v) is 6.36. The van der Waals surface area contributed by atoms with E-state index >= 15 is 0 Å². The predicted octanol–water partition coefficient (Wildman–Crippen LogP) is 5.19. The quantitative estimate of drug-likeness (QED) is 0.631. The first-order valence-corrected chi connectivity index (χ1v) is 9.07. The van der Waals surface area contributed by atoms with Crippen LogP contribution in [0.2, 0.25) is 5.02 Å². The second kappa shape index (κ2) is 9.88. The molecule has 0 atom stereocenters. The van der Waals surface area contributed by atoms with Gasteiger partial charge in [0.2, 0.25) is 5.91 Å². The summed E-state index contributed by atoms with van der Waals surface area (Å²) in [5.41, 5.74) is 1.34. The van der Waals surface area contributed by atoms with E-state index < -0.39 is 0 Å². The van der Waals surface area contributed by atoms with Crippen LogP contribution in [-0.4, -0.2) is 25.7 Å². The minimum absolute atomic E-state index is 0.0334. The Labute approximate surface area is 164 Å². The summed E-state index contributed by atoms with van der Waals surface area (Å²) in [6, 6.07) is 10.8. The molecule has 0 heterocycles. The van der Waals surface area contributed by atoms with E-state index in [9.17, 15) is 4.79 Å². The Balaban J connectivity index is 2.15. The zero-order chi connectivity index (χ0) is 19.8. The van der Waals surface area contributed by atoms with Crippen molar-refractivity contribution in [2.24, 2.45) is 0 Å². The summed E-state index contributed by atoms with van der Waals surface area (Å²) in [7, 11) is 1.55. The fourth-order valence-electron chi connectivity index (χ4n) is 2.38. The normalized spacial score (nSPS) is 10.9. The molecule has 144 valence electrons. The molecule has 0 saturated heterocycles. The molecule has 27 heavy (non-hydrogen) atoms. The van der Waals surface area contributed by atoms with E-state index in [0.717, 1.165) is 5.56 Å². The third kappa shape index (κ3) is 5.93. The highest BCUT2D eigenvalue weighted by molar-refractivity contribution is 6.32. The van der Waals surface area contributed by atoms with Crippen molar-refractivity contribution in [2.75, 3.05) is 19.0 Å². The van der Waals surface area contributed by atoms with Gasteiger partial charge in [0.25, 0.3) is 0 Å². The van der Waals surface area contributed by atoms with Gasteiger partial charge in [0.15, 0.2) is 11.5 Å². The average Bonchev–Trinajstić information content (AvgIpc) is 2.63. The zero-order valence-electron chi connectivity index (χ0n) is 15.9. The number of methoxy groups -OCH3 is 1. The number of rotatable bonds is 8. The third-order valence-electron chi connectivity index (χ3n) is 3.48. The Morgan fingerprint density at radius 3 is 2.63 bits per heavy atom. The van der Waals surface area contributed by atoms with Crippen molar-refractivity contribution in [3.05, 3.63) is 53.1 Å². The maximum atomic E-state index is 12.3. The molecule has 0 saturated carbocycles. The van der Waals surface area contributed by atoms with Crippen LogP contribution in [-0.2, 0) is 4.79 Å². The molecule has 2 aromatic carbocycles. The Morgan fingerprint density at radius 1 is 1.22 bits per heavy atom. The number of hydrogen-bond donors (Lipinski definition) is 1. The largest absolute Gasteiger partial charge is 0.493 e. The van der Waals surface area contributed by atoms with E-state index in [0.29, 0.717) is 34.6 Å². The van der Waals surface area contributed by atoms with Gasteiger partial charge in [-0.25, -0.2) is 0 Å². The van der Waals surface area contributed by atoms with E-state index in [-0.39, 0.29) is 12.0 Å². The molecule has 1 N–H and O–H groups in total. The summed E-state index contributed by atoms with van der Waals surface area (Å²) in [6.07, 6.45) is 3.05. The first-order chi connectivity index (χ1) is 12.9. The number of amides is 1. The van der Waals surface area contributed by atoms with Crippen LogP contribution in [0.1, 0.15) is 26.3 Å². The monoisotopic (exact) mass is 389 g/mol. The summed E-state index contributed by atoms with van der Waals surface area (Å²) in [6.45, 7) is 6.23. The maximum Gasteiger partial charge on any atom is 0.248 e. The van der Waals surface area contributed by atoms with E-state index in [1.54, 1.807) is 37.5 Å². The van der Waals surface area contributed by atoms with E-state index in [2.05, 4.69) is 5.32 Å². The average molecular weight is 390 g/mol. The molecule has 2 rings (SSSR count). The molecule has 0 unspecified atom stereocenters. The Kier molecular flexibility index (Phi) is 7.55. The third-order valence-corrected chi connectivity index (χ3v) is 3.76. The fraction of sp³-hybridized carbons (Fsp3) is 0.286.